The maximum Gasteiger partial charge on any atom is 0.202 e. The van der Waals surface area contributed by atoms with E-state index in [4.69, 9.17) is 0 Å². The van der Waals surface area contributed by atoms with Crippen molar-refractivity contribution in [3.8, 4) is 5.69 Å². The van der Waals surface area contributed by atoms with Gasteiger partial charge in [-0.1, -0.05) is 24.3 Å². The van der Waals surface area contributed by atoms with E-state index in [1.54, 1.807) is 30.3 Å². The highest BCUT2D eigenvalue weighted by Crippen LogP contribution is 2.20. The van der Waals surface area contributed by atoms with E-state index in [-0.39, 0.29) is 5.69 Å². The highest BCUT2D eigenvalue weighted by Gasteiger charge is 2.12. The lowest BCUT2D eigenvalue weighted by atomic mass is 10.2. The number of rotatable bonds is 1. The Morgan fingerprint density at radius 1 is 0.895 bits per heavy atom. The maximum atomic E-state index is 14.0. The minimum atomic E-state index is -0.784. The smallest absolute Gasteiger partial charge is 0.202 e. The number of fused-ring (bicyclic) bond motifs is 1. The van der Waals surface area contributed by atoms with Gasteiger partial charge in [-0.15, -0.1) is 0 Å². The second kappa shape index (κ2) is 4.31. The quantitative estimate of drug-likeness (QED) is 0.613. The van der Waals surface area contributed by atoms with E-state index >= 15 is 0 Å². The molecule has 3 aromatic rings. The predicted molar refractivity (Wildman–Crippen MR) is 69.5 cm³/mol. The van der Waals surface area contributed by atoms with Gasteiger partial charge in [-0.25, -0.2) is 4.39 Å². The molecule has 0 aliphatic heterocycles. The van der Waals surface area contributed by atoms with Gasteiger partial charge in [0.1, 0.15) is 5.82 Å². The molecule has 1 heterocycles. The summed E-state index contributed by atoms with van der Waals surface area (Å²) in [6, 6.07) is 13.3. The Morgan fingerprint density at radius 2 is 1.58 bits per heavy atom. The van der Waals surface area contributed by atoms with Crippen LogP contribution in [-0.2, 0) is 0 Å². The van der Waals surface area contributed by atoms with Crippen LogP contribution in [0.15, 0.2) is 59.4 Å². The van der Waals surface area contributed by atoms with E-state index in [2.05, 4.69) is 0 Å². The molecule has 19 heavy (non-hydrogen) atoms. The van der Waals surface area contributed by atoms with Gasteiger partial charge in [0, 0.05) is 11.5 Å². The van der Waals surface area contributed by atoms with Crippen LogP contribution in [0.3, 0.4) is 0 Å². The summed E-state index contributed by atoms with van der Waals surface area (Å²) >= 11 is 0. The molecule has 1 aromatic heterocycles. The number of hydrogen-bond acceptors (Lipinski definition) is 1. The molecule has 0 N–H and O–H groups in total. The average molecular weight is 257 g/mol. The van der Waals surface area contributed by atoms with Crippen LogP contribution in [0.25, 0.3) is 16.6 Å². The molecular formula is C15H9F2NO. The first-order valence-electron chi connectivity index (χ1n) is 5.73. The molecular weight excluding hydrogens is 248 g/mol. The Hall–Kier alpha value is -2.49. The maximum absolute atomic E-state index is 14.0. The Bertz CT molecular complexity index is 824. The Labute approximate surface area is 107 Å². The predicted octanol–water partition coefficient (Wildman–Crippen LogP) is 3.27. The standard InChI is InChI=1S/C15H9F2NO/c16-11-6-2-4-8-13(11)18-12-7-3-1-5-10(12)14(19)9-15(18)17/h1-9H. The van der Waals surface area contributed by atoms with Crippen molar-refractivity contribution in [2.75, 3.05) is 0 Å². The molecule has 4 heteroatoms. The summed E-state index contributed by atoms with van der Waals surface area (Å²) in [7, 11) is 0. The van der Waals surface area contributed by atoms with E-state index in [9.17, 15) is 13.6 Å². The summed E-state index contributed by atoms with van der Waals surface area (Å²) in [5, 5.41) is 0.354. The molecule has 0 atom stereocenters. The molecule has 0 aliphatic rings. The van der Waals surface area contributed by atoms with Crippen LogP contribution in [0.2, 0.25) is 0 Å². The van der Waals surface area contributed by atoms with Crippen LogP contribution < -0.4 is 5.43 Å². The molecule has 0 radical (unpaired) electrons. The van der Waals surface area contributed by atoms with Crippen LogP contribution in [-0.4, -0.2) is 4.57 Å². The normalized spacial score (nSPS) is 10.8. The van der Waals surface area contributed by atoms with Crippen LogP contribution >= 0.6 is 0 Å². The third-order valence-electron chi connectivity index (χ3n) is 2.97. The van der Waals surface area contributed by atoms with Gasteiger partial charge in [0.15, 0.2) is 5.43 Å². The summed E-state index contributed by atoms with van der Waals surface area (Å²) in [4.78, 5) is 11.7. The summed E-state index contributed by atoms with van der Waals surface area (Å²) in [6.45, 7) is 0. The molecule has 2 nitrogen and oxygen atoms in total. The minimum Gasteiger partial charge on any atom is -0.289 e. The zero-order valence-corrected chi connectivity index (χ0v) is 9.81. The van der Waals surface area contributed by atoms with Gasteiger partial charge in [0.25, 0.3) is 0 Å². The summed E-state index contributed by atoms with van der Waals surface area (Å²) in [6.07, 6.45) is 0. The SMILES string of the molecule is O=c1cc(F)n(-c2ccccc2F)c2ccccc12. The van der Waals surface area contributed by atoms with Crippen LogP contribution in [0.1, 0.15) is 0 Å². The molecule has 0 spiro atoms. The Balaban J connectivity index is 2.48. The lowest BCUT2D eigenvalue weighted by molar-refractivity contribution is 0.542. The molecule has 3 rings (SSSR count). The zero-order valence-electron chi connectivity index (χ0n) is 9.81. The Kier molecular flexibility index (Phi) is 2.63. The molecule has 2 aromatic carbocycles. The van der Waals surface area contributed by atoms with Crippen molar-refractivity contribution in [1.82, 2.24) is 4.57 Å². The second-order valence-electron chi connectivity index (χ2n) is 4.14. The number of halogens is 2. The molecule has 94 valence electrons. The first kappa shape index (κ1) is 11.6. The number of pyridine rings is 1. The van der Waals surface area contributed by atoms with E-state index in [1.165, 1.54) is 18.2 Å². The number of hydrogen-bond donors (Lipinski definition) is 0. The van der Waals surface area contributed by atoms with Gasteiger partial charge < -0.3 is 0 Å². The summed E-state index contributed by atoms with van der Waals surface area (Å²) in [5.74, 6) is -1.33. The van der Waals surface area contributed by atoms with Gasteiger partial charge in [0.05, 0.1) is 11.2 Å². The fraction of sp³-hybridized carbons (Fsp3) is 0. The topological polar surface area (TPSA) is 22.0 Å². The van der Waals surface area contributed by atoms with E-state index in [1.807, 2.05) is 0 Å². The summed E-state index contributed by atoms with van der Waals surface area (Å²) < 4.78 is 29.0. The van der Waals surface area contributed by atoms with Crippen molar-refractivity contribution in [2.45, 2.75) is 0 Å². The molecule has 0 fully saturated rings. The monoisotopic (exact) mass is 257 g/mol. The highest BCUT2D eigenvalue weighted by molar-refractivity contribution is 5.80. The van der Waals surface area contributed by atoms with Crippen molar-refractivity contribution in [3.63, 3.8) is 0 Å². The lowest BCUT2D eigenvalue weighted by Gasteiger charge is -2.12. The van der Waals surface area contributed by atoms with Crippen molar-refractivity contribution < 1.29 is 8.78 Å². The fourth-order valence-electron chi connectivity index (χ4n) is 2.12. The van der Waals surface area contributed by atoms with E-state index < -0.39 is 17.2 Å². The first-order chi connectivity index (χ1) is 9.18. The van der Waals surface area contributed by atoms with Gasteiger partial charge in [0.2, 0.25) is 5.95 Å². The molecule has 0 bridgehead atoms. The third-order valence-corrected chi connectivity index (χ3v) is 2.97. The minimum absolute atomic E-state index is 0.0798. The van der Waals surface area contributed by atoms with Gasteiger partial charge in [-0.05, 0) is 24.3 Å². The molecule has 0 aliphatic carbocycles. The zero-order chi connectivity index (χ0) is 13.4. The third kappa shape index (κ3) is 1.81. The van der Waals surface area contributed by atoms with E-state index in [0.29, 0.717) is 10.9 Å². The van der Waals surface area contributed by atoms with Gasteiger partial charge >= 0.3 is 0 Å². The van der Waals surface area contributed by atoms with Crippen molar-refractivity contribution in [2.24, 2.45) is 0 Å². The van der Waals surface area contributed by atoms with Crippen molar-refractivity contribution in [3.05, 3.63) is 76.6 Å². The van der Waals surface area contributed by atoms with Crippen LogP contribution in [0.5, 0.6) is 0 Å². The van der Waals surface area contributed by atoms with Gasteiger partial charge in [-0.3, -0.25) is 9.36 Å². The number of nitrogens with zero attached hydrogens (tertiary/aromatic N) is 1. The Morgan fingerprint density at radius 3 is 2.37 bits per heavy atom. The largest absolute Gasteiger partial charge is 0.289 e. The fourth-order valence-corrected chi connectivity index (χ4v) is 2.12. The highest BCUT2D eigenvalue weighted by atomic mass is 19.1. The second-order valence-corrected chi connectivity index (χ2v) is 4.14. The van der Waals surface area contributed by atoms with Crippen LogP contribution in [0.4, 0.5) is 8.78 Å². The molecule has 0 unspecified atom stereocenters. The number of benzene rings is 2. The first-order valence-corrected chi connectivity index (χ1v) is 5.73. The van der Waals surface area contributed by atoms with Crippen molar-refractivity contribution >= 4 is 10.9 Å². The van der Waals surface area contributed by atoms with Gasteiger partial charge in [-0.2, -0.15) is 4.39 Å². The van der Waals surface area contributed by atoms with E-state index in [0.717, 1.165) is 10.6 Å². The number of para-hydroxylation sites is 2. The molecule has 0 amide bonds. The molecule has 0 saturated carbocycles. The van der Waals surface area contributed by atoms with Crippen molar-refractivity contribution in [1.29, 1.82) is 0 Å². The average Bonchev–Trinajstić information content (AvgIpc) is 2.41. The number of aromatic nitrogens is 1. The summed E-state index contributed by atoms with van der Waals surface area (Å²) in [5.41, 5.74) is 0.00879. The van der Waals surface area contributed by atoms with Crippen LogP contribution in [0, 0.1) is 11.8 Å². The molecule has 0 saturated heterocycles. The lowest BCUT2D eigenvalue weighted by Crippen LogP contribution is -2.12.